The minimum Gasteiger partial charge on any atom is -0.422 e. The van der Waals surface area contributed by atoms with Crippen molar-refractivity contribution in [1.82, 2.24) is 4.98 Å². The number of anilines is 1. The molecular formula is C12H16N4O2. The van der Waals surface area contributed by atoms with Gasteiger partial charge >= 0.3 is 0 Å². The van der Waals surface area contributed by atoms with Crippen molar-refractivity contribution < 1.29 is 9.15 Å². The molecule has 1 aromatic rings. The number of oxazole rings is 1. The molecule has 0 radical (unpaired) electrons. The lowest BCUT2D eigenvalue weighted by atomic mass is 10.1. The van der Waals surface area contributed by atoms with Gasteiger partial charge in [-0.25, -0.2) is 10.4 Å². The number of hydrogen-bond donors (Lipinski definition) is 1. The monoisotopic (exact) mass is 248 g/mol. The van der Waals surface area contributed by atoms with Crippen LogP contribution >= 0.6 is 0 Å². The molecule has 0 spiro atoms. The lowest BCUT2D eigenvalue weighted by Crippen LogP contribution is -2.02. The van der Waals surface area contributed by atoms with Gasteiger partial charge in [-0.1, -0.05) is 13.8 Å². The standard InChI is InChI=1S/C12H16N4O2/c1-8(2)11-15-10(5-13)12(18-11)16-14-6-9-3-4-17-7-9/h6,8-9,16H,3-4,7H2,1-2H3/b14-6+. The Balaban J connectivity index is 2.01. The van der Waals surface area contributed by atoms with Crippen LogP contribution in [0, 0.1) is 17.2 Å². The average molecular weight is 248 g/mol. The van der Waals surface area contributed by atoms with Gasteiger partial charge in [-0.05, 0) is 6.42 Å². The molecule has 0 aliphatic carbocycles. The van der Waals surface area contributed by atoms with Crippen molar-refractivity contribution in [1.29, 1.82) is 5.26 Å². The third kappa shape index (κ3) is 2.87. The zero-order valence-electron chi connectivity index (χ0n) is 10.5. The molecule has 1 aliphatic rings. The van der Waals surface area contributed by atoms with E-state index in [2.05, 4.69) is 15.5 Å². The summed E-state index contributed by atoms with van der Waals surface area (Å²) in [5, 5.41) is 13.0. The second-order valence-electron chi connectivity index (χ2n) is 4.51. The third-order valence-corrected chi connectivity index (χ3v) is 2.66. The fourth-order valence-corrected chi connectivity index (χ4v) is 1.61. The normalized spacial score (nSPS) is 19.6. The van der Waals surface area contributed by atoms with Gasteiger partial charge in [0.1, 0.15) is 6.07 Å². The molecule has 1 unspecified atom stereocenters. The number of aromatic nitrogens is 1. The van der Waals surface area contributed by atoms with Gasteiger partial charge in [-0.2, -0.15) is 10.4 Å². The molecule has 1 N–H and O–H groups in total. The Hall–Kier alpha value is -1.87. The number of nitrogens with one attached hydrogen (secondary N) is 1. The van der Waals surface area contributed by atoms with Crippen LogP contribution in [0.5, 0.6) is 0 Å². The Morgan fingerprint density at radius 1 is 1.61 bits per heavy atom. The average Bonchev–Trinajstić information content (AvgIpc) is 2.97. The molecule has 2 rings (SSSR count). The maximum Gasteiger partial charge on any atom is 0.252 e. The number of nitriles is 1. The van der Waals surface area contributed by atoms with E-state index in [1.165, 1.54) is 0 Å². The van der Waals surface area contributed by atoms with Crippen LogP contribution in [0.2, 0.25) is 0 Å². The summed E-state index contributed by atoms with van der Waals surface area (Å²) in [6.07, 6.45) is 2.76. The van der Waals surface area contributed by atoms with E-state index in [0.29, 0.717) is 24.3 Å². The summed E-state index contributed by atoms with van der Waals surface area (Å²) in [6, 6.07) is 1.98. The second kappa shape index (κ2) is 5.65. The molecule has 0 saturated carbocycles. The van der Waals surface area contributed by atoms with Crippen molar-refractivity contribution >= 4 is 12.1 Å². The van der Waals surface area contributed by atoms with E-state index in [1.807, 2.05) is 19.9 Å². The van der Waals surface area contributed by atoms with E-state index in [-0.39, 0.29) is 11.6 Å². The summed E-state index contributed by atoms with van der Waals surface area (Å²) in [5.74, 6) is 1.31. The number of hydrogen-bond acceptors (Lipinski definition) is 6. The molecule has 0 bridgehead atoms. The van der Waals surface area contributed by atoms with E-state index in [4.69, 9.17) is 14.4 Å². The minimum absolute atomic E-state index is 0.139. The molecule has 1 saturated heterocycles. The fourth-order valence-electron chi connectivity index (χ4n) is 1.61. The summed E-state index contributed by atoms with van der Waals surface area (Å²) in [7, 11) is 0. The first-order valence-corrected chi connectivity index (χ1v) is 5.98. The molecule has 18 heavy (non-hydrogen) atoms. The lowest BCUT2D eigenvalue weighted by molar-refractivity contribution is 0.193. The number of hydrazone groups is 1. The molecule has 1 fully saturated rings. The second-order valence-corrected chi connectivity index (χ2v) is 4.51. The highest BCUT2D eigenvalue weighted by Crippen LogP contribution is 2.22. The number of ether oxygens (including phenoxy) is 1. The first kappa shape index (κ1) is 12.6. The van der Waals surface area contributed by atoms with Gasteiger partial charge in [0.15, 0.2) is 0 Å². The topological polar surface area (TPSA) is 83.4 Å². The molecule has 1 aliphatic heterocycles. The Labute approximate surface area is 106 Å². The first-order valence-electron chi connectivity index (χ1n) is 5.98. The summed E-state index contributed by atoms with van der Waals surface area (Å²) >= 11 is 0. The molecule has 6 nitrogen and oxygen atoms in total. The maximum absolute atomic E-state index is 8.94. The molecule has 1 atom stereocenters. The summed E-state index contributed by atoms with van der Waals surface area (Å²) in [6.45, 7) is 5.38. The van der Waals surface area contributed by atoms with Crippen molar-refractivity contribution in [2.45, 2.75) is 26.2 Å². The van der Waals surface area contributed by atoms with Gasteiger partial charge in [0.2, 0.25) is 11.6 Å². The van der Waals surface area contributed by atoms with E-state index in [0.717, 1.165) is 13.0 Å². The number of nitrogens with zero attached hydrogens (tertiary/aromatic N) is 3. The van der Waals surface area contributed by atoms with Gasteiger partial charge < -0.3 is 9.15 Å². The molecule has 0 amide bonds. The summed E-state index contributed by atoms with van der Waals surface area (Å²) in [4.78, 5) is 4.09. The smallest absolute Gasteiger partial charge is 0.252 e. The van der Waals surface area contributed by atoms with Crippen molar-refractivity contribution in [3.05, 3.63) is 11.6 Å². The predicted molar refractivity (Wildman–Crippen MR) is 66.3 cm³/mol. The van der Waals surface area contributed by atoms with Gasteiger partial charge in [0.25, 0.3) is 5.88 Å². The quantitative estimate of drug-likeness (QED) is 0.651. The highest BCUT2D eigenvalue weighted by Gasteiger charge is 2.16. The van der Waals surface area contributed by atoms with E-state index in [1.54, 1.807) is 6.21 Å². The van der Waals surface area contributed by atoms with Crippen LogP contribution < -0.4 is 5.43 Å². The summed E-state index contributed by atoms with van der Waals surface area (Å²) in [5.41, 5.74) is 2.96. The Morgan fingerprint density at radius 2 is 2.44 bits per heavy atom. The largest absolute Gasteiger partial charge is 0.422 e. The van der Waals surface area contributed by atoms with Crippen LogP contribution in [0.1, 0.15) is 37.8 Å². The van der Waals surface area contributed by atoms with Crippen molar-refractivity contribution in [2.75, 3.05) is 18.6 Å². The Bertz CT molecular complexity index is 467. The number of rotatable bonds is 4. The Kier molecular flexibility index (Phi) is 3.95. The molecule has 1 aromatic heterocycles. The minimum atomic E-state index is 0.139. The van der Waals surface area contributed by atoms with Crippen LogP contribution in [0.4, 0.5) is 5.88 Å². The van der Waals surface area contributed by atoms with Crippen LogP contribution in [0.15, 0.2) is 9.52 Å². The highest BCUT2D eigenvalue weighted by atomic mass is 16.5. The van der Waals surface area contributed by atoms with Gasteiger partial charge in [0.05, 0.1) is 6.61 Å². The van der Waals surface area contributed by atoms with Gasteiger partial charge in [0, 0.05) is 24.7 Å². The highest BCUT2D eigenvalue weighted by molar-refractivity contribution is 5.62. The lowest BCUT2D eigenvalue weighted by Gasteiger charge is -1.99. The third-order valence-electron chi connectivity index (χ3n) is 2.66. The molecule has 6 heteroatoms. The zero-order chi connectivity index (χ0) is 13.0. The molecular weight excluding hydrogens is 232 g/mol. The predicted octanol–water partition coefficient (Wildman–Crippen LogP) is 2.10. The van der Waals surface area contributed by atoms with Crippen LogP contribution in [-0.4, -0.2) is 24.4 Å². The van der Waals surface area contributed by atoms with Gasteiger partial charge in [-0.3, -0.25) is 0 Å². The van der Waals surface area contributed by atoms with Crippen LogP contribution in [0.3, 0.4) is 0 Å². The Morgan fingerprint density at radius 3 is 3.06 bits per heavy atom. The van der Waals surface area contributed by atoms with Crippen molar-refractivity contribution in [3.8, 4) is 6.07 Å². The first-order chi connectivity index (χ1) is 8.70. The van der Waals surface area contributed by atoms with E-state index >= 15 is 0 Å². The van der Waals surface area contributed by atoms with Crippen molar-refractivity contribution in [3.63, 3.8) is 0 Å². The molecule has 2 heterocycles. The fraction of sp³-hybridized carbons (Fsp3) is 0.583. The maximum atomic E-state index is 8.94. The summed E-state index contributed by atoms with van der Waals surface area (Å²) < 4.78 is 10.7. The zero-order valence-corrected chi connectivity index (χ0v) is 10.5. The van der Waals surface area contributed by atoms with Crippen LogP contribution in [0.25, 0.3) is 0 Å². The van der Waals surface area contributed by atoms with Gasteiger partial charge in [-0.15, -0.1) is 0 Å². The SMILES string of the molecule is CC(C)c1nc(C#N)c(N/N=C/C2CCOC2)o1. The van der Waals surface area contributed by atoms with Crippen LogP contribution in [-0.2, 0) is 4.74 Å². The van der Waals surface area contributed by atoms with E-state index < -0.39 is 0 Å². The molecule has 96 valence electrons. The van der Waals surface area contributed by atoms with E-state index in [9.17, 15) is 0 Å². The molecule has 0 aromatic carbocycles. The van der Waals surface area contributed by atoms with Crippen molar-refractivity contribution in [2.24, 2.45) is 11.0 Å².